The van der Waals surface area contributed by atoms with Crippen LogP contribution < -0.4 is 5.32 Å². The summed E-state index contributed by atoms with van der Waals surface area (Å²) in [4.78, 5) is 52.0. The first-order valence-corrected chi connectivity index (χ1v) is 25.1. The molecular weight excluding hydrogens is 1000 g/mol. The summed E-state index contributed by atoms with van der Waals surface area (Å²) in [5.41, 5.74) is 3.17. The summed E-state index contributed by atoms with van der Waals surface area (Å²) in [5, 5.41) is 1.94. The van der Waals surface area contributed by atoms with Gasteiger partial charge in [-0.25, -0.2) is 4.79 Å². The maximum atomic E-state index is 14.4. The molecule has 2 fully saturated rings. The van der Waals surface area contributed by atoms with E-state index in [2.05, 4.69) is 0 Å². The van der Waals surface area contributed by atoms with Crippen LogP contribution in [-0.4, -0.2) is 110 Å². The van der Waals surface area contributed by atoms with Gasteiger partial charge in [-0.2, -0.15) is 13.2 Å². The van der Waals surface area contributed by atoms with Crippen LogP contribution in [0.15, 0.2) is 157 Å². The molecular formula is C56H60F3NO14S. The van der Waals surface area contributed by atoms with Gasteiger partial charge in [-0.05, 0) is 41.3 Å². The number of methoxy groups -OCH3 is 1. The minimum Gasteiger partial charge on any atom is -0.466 e. The fourth-order valence-electron chi connectivity index (χ4n) is 8.80. The molecule has 7 rings (SSSR count). The summed E-state index contributed by atoms with van der Waals surface area (Å²) in [5.74, 6) is -5.45. The van der Waals surface area contributed by atoms with Crippen LogP contribution in [0.25, 0.3) is 0 Å². The van der Waals surface area contributed by atoms with Gasteiger partial charge in [0.2, 0.25) is 4.93 Å². The fraction of sp³-hybridized carbons (Fsp3) is 0.393. The lowest BCUT2D eigenvalue weighted by molar-refractivity contribution is -0.339. The first-order chi connectivity index (χ1) is 36.1. The molecule has 0 aromatic heterocycles. The van der Waals surface area contributed by atoms with Crippen molar-refractivity contribution in [2.45, 2.75) is 131 Å². The Bertz CT molecular complexity index is 2570. The molecule has 1 unspecified atom stereocenters. The molecule has 1 amide bonds. The molecule has 0 aliphatic carbocycles. The highest BCUT2D eigenvalue weighted by molar-refractivity contribution is 8.01. The number of alkyl halides is 3. The number of ether oxygens (including phenoxy) is 10. The van der Waals surface area contributed by atoms with E-state index in [1.807, 2.05) is 102 Å². The van der Waals surface area contributed by atoms with E-state index in [-0.39, 0.29) is 26.4 Å². The Balaban J connectivity index is 1.36. The normalized spacial score (nSPS) is 24.5. The van der Waals surface area contributed by atoms with Gasteiger partial charge in [-0.15, -0.1) is 0 Å². The summed E-state index contributed by atoms with van der Waals surface area (Å²) in [7, 11) is 1.07. The predicted molar refractivity (Wildman–Crippen MR) is 266 cm³/mol. The number of amides is 1. The zero-order chi connectivity index (χ0) is 53.4. The van der Waals surface area contributed by atoms with E-state index in [1.54, 1.807) is 61.5 Å². The van der Waals surface area contributed by atoms with Crippen molar-refractivity contribution in [1.82, 2.24) is 5.32 Å². The second-order valence-corrected chi connectivity index (χ2v) is 19.2. The Morgan fingerprint density at radius 1 is 0.680 bits per heavy atom. The average molecular weight is 1060 g/mol. The largest absolute Gasteiger partial charge is 0.471 e. The van der Waals surface area contributed by atoms with Crippen LogP contribution in [0.1, 0.15) is 49.4 Å². The molecule has 0 radical (unpaired) electrons. The molecule has 1 N–H and O–H groups in total. The molecule has 2 heterocycles. The smallest absolute Gasteiger partial charge is 0.466 e. The van der Waals surface area contributed by atoms with Crippen LogP contribution in [0.2, 0.25) is 0 Å². The molecule has 15 nitrogen and oxygen atoms in total. The number of hydrogen-bond acceptors (Lipinski definition) is 15. The Kier molecular flexibility index (Phi) is 20.4. The quantitative estimate of drug-likeness (QED) is 0.0488. The zero-order valence-corrected chi connectivity index (χ0v) is 42.5. The highest BCUT2D eigenvalue weighted by atomic mass is 32.2. The molecule has 0 spiro atoms. The van der Waals surface area contributed by atoms with Crippen LogP contribution in [0.3, 0.4) is 0 Å². The van der Waals surface area contributed by atoms with Crippen LogP contribution >= 0.6 is 11.8 Å². The Hall–Kier alpha value is -6.16. The third-order valence-electron chi connectivity index (χ3n) is 12.2. The molecule has 19 heteroatoms. The van der Waals surface area contributed by atoms with E-state index < -0.39 is 109 Å². The number of benzene rings is 5. The lowest BCUT2D eigenvalue weighted by atomic mass is 9.89. The third kappa shape index (κ3) is 15.9. The number of carbonyl (C=O) groups excluding carboxylic acids is 4. The molecule has 5 aromatic rings. The molecule has 5 aromatic carbocycles. The highest BCUT2D eigenvalue weighted by Gasteiger charge is 2.60. The number of hydrogen-bond donors (Lipinski definition) is 1. The van der Waals surface area contributed by atoms with Gasteiger partial charge in [0.1, 0.15) is 36.6 Å². The number of thioether (sulfide) groups is 1. The van der Waals surface area contributed by atoms with E-state index in [4.69, 9.17) is 47.4 Å². The zero-order valence-electron chi connectivity index (χ0n) is 41.7. The Labute approximate surface area is 437 Å². The van der Waals surface area contributed by atoms with Crippen molar-refractivity contribution >= 4 is 35.6 Å². The fourth-order valence-corrected chi connectivity index (χ4v) is 10.0. The molecule has 0 bridgehead atoms. The standard InChI is InChI=1S/C56H60F3NO14S/c1-36-47(67-32-40-22-12-6-13-23-40)50(68-33-41-24-14-7-15-25-41)51(69-34-42-26-16-8-17-27-42)52(70-36)73-45(35-66-31-39-20-10-5-11-21-39)48(72-38(3)62)49-46(60-53(63)56(57,58)59)44(71-37(2)61)30-55(74-49,54(64)65-4)75-43-28-18-9-19-29-43/h5-29,36,44-52H,30-35H2,1-4H3,(H,60,63)/t36-,44-,45+,46+,47+,48+,49+,50+,51-,52?,55-/m0/s1. The second-order valence-electron chi connectivity index (χ2n) is 17.8. The van der Waals surface area contributed by atoms with E-state index in [1.165, 1.54) is 0 Å². The van der Waals surface area contributed by atoms with Gasteiger partial charge in [0.05, 0.1) is 52.3 Å². The lowest BCUT2D eigenvalue weighted by Crippen LogP contribution is -2.69. The average Bonchev–Trinajstić information content (AvgIpc) is 3.40. The second kappa shape index (κ2) is 27.1. The molecule has 75 heavy (non-hydrogen) atoms. The molecule has 400 valence electrons. The SMILES string of the molecule is COC(=O)[C@@]1(Sc2ccccc2)C[C@H](OC(C)=O)[C@@H](NC(=O)C(F)(F)F)[C@H]([C@H](OC(C)=O)[C@@H](COCc2ccccc2)OC2O[C@@H](C)[C@@H](OCc3ccccc3)[C@@H](OCc3ccccc3)[C@@H]2OCc2ccccc2)O1. The summed E-state index contributed by atoms with van der Waals surface area (Å²) >= 11 is 0.806. The topological polar surface area (TPSA) is 173 Å². The molecule has 11 atom stereocenters. The van der Waals surface area contributed by atoms with Crippen molar-refractivity contribution in [2.24, 2.45) is 0 Å². The van der Waals surface area contributed by atoms with Crippen LogP contribution in [-0.2, 0) is 93.0 Å². The van der Waals surface area contributed by atoms with Crippen molar-refractivity contribution < 1.29 is 79.7 Å². The number of halogens is 3. The maximum Gasteiger partial charge on any atom is 0.471 e. The van der Waals surface area contributed by atoms with Crippen molar-refractivity contribution in [3.8, 4) is 0 Å². The minimum atomic E-state index is -5.48. The predicted octanol–water partition coefficient (Wildman–Crippen LogP) is 8.45. The van der Waals surface area contributed by atoms with Crippen molar-refractivity contribution in [2.75, 3.05) is 13.7 Å². The first-order valence-electron chi connectivity index (χ1n) is 24.2. The van der Waals surface area contributed by atoms with Crippen LogP contribution in [0, 0.1) is 0 Å². The van der Waals surface area contributed by atoms with Gasteiger partial charge >= 0.3 is 30.0 Å². The summed E-state index contributed by atoms with van der Waals surface area (Å²) in [6.45, 7) is 3.51. The number of carbonyl (C=O) groups is 4. The van der Waals surface area contributed by atoms with Gasteiger partial charge in [0, 0.05) is 25.2 Å². The highest BCUT2D eigenvalue weighted by Crippen LogP contribution is 2.46. The first kappa shape index (κ1) is 56.6. The van der Waals surface area contributed by atoms with E-state index >= 15 is 0 Å². The van der Waals surface area contributed by atoms with Crippen molar-refractivity contribution in [3.05, 3.63) is 174 Å². The van der Waals surface area contributed by atoms with E-state index in [0.717, 1.165) is 49.4 Å². The van der Waals surface area contributed by atoms with Crippen molar-refractivity contribution in [1.29, 1.82) is 0 Å². The number of esters is 3. The van der Waals surface area contributed by atoms with E-state index in [9.17, 15) is 32.3 Å². The van der Waals surface area contributed by atoms with Crippen molar-refractivity contribution in [3.63, 3.8) is 0 Å². The van der Waals surface area contributed by atoms with Gasteiger partial charge in [-0.3, -0.25) is 14.4 Å². The summed E-state index contributed by atoms with van der Waals surface area (Å²) < 4.78 is 107. The van der Waals surface area contributed by atoms with E-state index in [0.29, 0.717) is 10.5 Å². The van der Waals surface area contributed by atoms with Gasteiger partial charge in [0.15, 0.2) is 12.4 Å². The number of rotatable bonds is 23. The van der Waals surface area contributed by atoms with Gasteiger partial charge in [-0.1, -0.05) is 151 Å². The maximum absolute atomic E-state index is 14.4. The Morgan fingerprint density at radius 3 is 1.64 bits per heavy atom. The molecule has 2 saturated heterocycles. The van der Waals surface area contributed by atoms with Crippen LogP contribution in [0.5, 0.6) is 0 Å². The van der Waals surface area contributed by atoms with Crippen LogP contribution in [0.4, 0.5) is 13.2 Å². The number of nitrogens with one attached hydrogen (secondary N) is 1. The minimum absolute atomic E-state index is 0.00195. The molecule has 2 aliphatic heterocycles. The third-order valence-corrected chi connectivity index (χ3v) is 13.5. The molecule has 0 saturated carbocycles. The molecule has 2 aliphatic rings. The summed E-state index contributed by atoms with van der Waals surface area (Å²) in [6, 6.07) is 43.5. The van der Waals surface area contributed by atoms with Gasteiger partial charge in [0.25, 0.3) is 0 Å². The lowest BCUT2D eigenvalue weighted by Gasteiger charge is -2.50. The summed E-state index contributed by atoms with van der Waals surface area (Å²) in [6.07, 6.45) is -18.6. The monoisotopic (exact) mass is 1060 g/mol. The van der Waals surface area contributed by atoms with Gasteiger partial charge < -0.3 is 52.7 Å². The Morgan fingerprint density at radius 2 is 1.16 bits per heavy atom.